The lowest BCUT2D eigenvalue weighted by atomic mass is 10.2. The molecule has 3 heterocycles. The molecule has 138 valence electrons. The van der Waals surface area contributed by atoms with E-state index in [4.69, 9.17) is 0 Å². The van der Waals surface area contributed by atoms with Gasteiger partial charge in [-0.1, -0.05) is 17.3 Å². The van der Waals surface area contributed by atoms with Crippen LogP contribution in [0.25, 0.3) is 10.9 Å². The highest BCUT2D eigenvalue weighted by atomic mass is 16.2. The summed E-state index contributed by atoms with van der Waals surface area (Å²) in [6.45, 7) is 2.22. The van der Waals surface area contributed by atoms with Crippen molar-refractivity contribution in [2.24, 2.45) is 0 Å². The summed E-state index contributed by atoms with van der Waals surface area (Å²) in [5.74, 6) is 0.732. The zero-order valence-electron chi connectivity index (χ0n) is 14.8. The standard InChI is InChI=1S/C19H20N6O2/c26-18(21-14-7-8-17(20-13-14)24-10-3-4-11-24)9-12-25-19(27)15-5-1-2-6-16(15)22-23-25/h1-2,5-8,13H,3-4,9-12H2,(H,21,26). The first-order chi connectivity index (χ1) is 13.2. The minimum Gasteiger partial charge on any atom is -0.357 e. The van der Waals surface area contributed by atoms with E-state index in [0.717, 1.165) is 18.9 Å². The van der Waals surface area contributed by atoms with E-state index in [9.17, 15) is 9.59 Å². The molecule has 1 aliphatic rings. The molecule has 0 spiro atoms. The maximum absolute atomic E-state index is 12.4. The van der Waals surface area contributed by atoms with E-state index in [2.05, 4.69) is 25.5 Å². The van der Waals surface area contributed by atoms with Crippen molar-refractivity contribution in [2.45, 2.75) is 25.8 Å². The van der Waals surface area contributed by atoms with Crippen molar-refractivity contribution in [3.05, 3.63) is 52.9 Å². The number of carbonyl (C=O) groups excluding carboxylic acids is 1. The van der Waals surface area contributed by atoms with Gasteiger partial charge >= 0.3 is 0 Å². The Kier molecular flexibility index (Phi) is 4.78. The monoisotopic (exact) mass is 364 g/mol. The van der Waals surface area contributed by atoms with Gasteiger partial charge in [0.05, 0.1) is 23.8 Å². The van der Waals surface area contributed by atoms with Crippen LogP contribution in [-0.2, 0) is 11.3 Å². The Hall–Kier alpha value is -3.29. The van der Waals surface area contributed by atoms with Gasteiger partial charge in [-0.05, 0) is 37.1 Å². The van der Waals surface area contributed by atoms with Gasteiger partial charge in [0, 0.05) is 19.5 Å². The van der Waals surface area contributed by atoms with E-state index in [1.54, 1.807) is 30.5 Å². The predicted octanol–water partition coefficient (Wildman–Crippen LogP) is 1.82. The van der Waals surface area contributed by atoms with Crippen molar-refractivity contribution < 1.29 is 4.79 Å². The summed E-state index contributed by atoms with van der Waals surface area (Å²) in [7, 11) is 0. The Balaban J connectivity index is 1.37. The molecule has 1 amide bonds. The maximum atomic E-state index is 12.4. The Morgan fingerprint density at radius 1 is 1.11 bits per heavy atom. The van der Waals surface area contributed by atoms with E-state index < -0.39 is 0 Å². The topological polar surface area (TPSA) is 93.0 Å². The molecule has 1 N–H and O–H groups in total. The number of rotatable bonds is 5. The highest BCUT2D eigenvalue weighted by Crippen LogP contribution is 2.19. The van der Waals surface area contributed by atoms with Gasteiger partial charge in [-0.15, -0.1) is 5.10 Å². The number of pyridine rings is 1. The normalized spacial score (nSPS) is 13.9. The minimum absolute atomic E-state index is 0.126. The van der Waals surface area contributed by atoms with Gasteiger partial charge in [-0.25, -0.2) is 9.67 Å². The van der Waals surface area contributed by atoms with E-state index >= 15 is 0 Å². The summed E-state index contributed by atoms with van der Waals surface area (Å²) >= 11 is 0. The number of aromatic nitrogens is 4. The first-order valence-electron chi connectivity index (χ1n) is 9.04. The largest absolute Gasteiger partial charge is 0.357 e. The molecule has 1 aliphatic heterocycles. The summed E-state index contributed by atoms with van der Waals surface area (Å²) in [5, 5.41) is 11.2. The van der Waals surface area contributed by atoms with Crippen molar-refractivity contribution in [3.8, 4) is 0 Å². The molecule has 3 aromatic rings. The molecular weight excluding hydrogens is 344 g/mol. The zero-order chi connectivity index (χ0) is 18.6. The van der Waals surface area contributed by atoms with Gasteiger partial charge in [0.2, 0.25) is 5.91 Å². The Morgan fingerprint density at radius 2 is 1.93 bits per heavy atom. The molecule has 0 unspecified atom stereocenters. The number of carbonyl (C=O) groups is 1. The van der Waals surface area contributed by atoms with Crippen LogP contribution < -0.4 is 15.8 Å². The summed E-state index contributed by atoms with van der Waals surface area (Å²) in [4.78, 5) is 31.2. The van der Waals surface area contributed by atoms with Gasteiger partial charge in [-0.2, -0.15) is 0 Å². The van der Waals surface area contributed by atoms with Crippen LogP contribution in [0.15, 0.2) is 47.4 Å². The van der Waals surface area contributed by atoms with Crippen molar-refractivity contribution in [1.82, 2.24) is 20.0 Å². The molecule has 1 saturated heterocycles. The molecule has 1 aromatic carbocycles. The highest BCUT2D eigenvalue weighted by molar-refractivity contribution is 5.90. The van der Waals surface area contributed by atoms with Crippen LogP contribution in [0.1, 0.15) is 19.3 Å². The van der Waals surface area contributed by atoms with E-state index in [1.807, 2.05) is 12.1 Å². The van der Waals surface area contributed by atoms with Gasteiger partial charge < -0.3 is 10.2 Å². The second-order valence-electron chi connectivity index (χ2n) is 6.53. The first kappa shape index (κ1) is 17.1. The Morgan fingerprint density at radius 3 is 2.70 bits per heavy atom. The van der Waals surface area contributed by atoms with E-state index in [-0.39, 0.29) is 24.4 Å². The summed E-state index contributed by atoms with van der Waals surface area (Å²) in [5.41, 5.74) is 0.942. The fourth-order valence-electron chi connectivity index (χ4n) is 3.19. The highest BCUT2D eigenvalue weighted by Gasteiger charge is 2.13. The fourth-order valence-corrected chi connectivity index (χ4v) is 3.19. The molecular formula is C19H20N6O2. The van der Waals surface area contributed by atoms with Crippen molar-refractivity contribution in [1.29, 1.82) is 0 Å². The van der Waals surface area contributed by atoms with Gasteiger partial charge in [0.25, 0.3) is 5.56 Å². The number of amides is 1. The van der Waals surface area contributed by atoms with Crippen molar-refractivity contribution in [2.75, 3.05) is 23.3 Å². The lowest BCUT2D eigenvalue weighted by Crippen LogP contribution is -2.26. The first-order valence-corrected chi connectivity index (χ1v) is 9.04. The third-order valence-electron chi connectivity index (χ3n) is 4.64. The fraction of sp³-hybridized carbons (Fsp3) is 0.316. The lowest BCUT2D eigenvalue weighted by molar-refractivity contribution is -0.116. The summed E-state index contributed by atoms with van der Waals surface area (Å²) < 4.78 is 1.22. The molecule has 0 bridgehead atoms. The quantitative estimate of drug-likeness (QED) is 0.742. The smallest absolute Gasteiger partial charge is 0.277 e. The summed E-state index contributed by atoms with van der Waals surface area (Å²) in [6.07, 6.45) is 4.17. The third-order valence-corrected chi connectivity index (χ3v) is 4.64. The molecule has 27 heavy (non-hydrogen) atoms. The predicted molar refractivity (Wildman–Crippen MR) is 103 cm³/mol. The van der Waals surface area contributed by atoms with Gasteiger partial charge in [0.15, 0.2) is 0 Å². The van der Waals surface area contributed by atoms with Crippen LogP contribution in [0.2, 0.25) is 0 Å². The maximum Gasteiger partial charge on any atom is 0.277 e. The number of anilines is 2. The number of benzene rings is 1. The van der Waals surface area contributed by atoms with Crippen LogP contribution in [0.5, 0.6) is 0 Å². The van der Waals surface area contributed by atoms with E-state index in [0.29, 0.717) is 16.6 Å². The van der Waals surface area contributed by atoms with Crippen LogP contribution in [0.4, 0.5) is 11.5 Å². The number of nitrogens with one attached hydrogen (secondary N) is 1. The number of aryl methyl sites for hydroxylation is 1. The molecule has 8 nitrogen and oxygen atoms in total. The molecule has 0 aliphatic carbocycles. The van der Waals surface area contributed by atoms with Crippen LogP contribution in [0.3, 0.4) is 0 Å². The second-order valence-corrected chi connectivity index (χ2v) is 6.53. The Labute approximate surface area is 155 Å². The van der Waals surface area contributed by atoms with Crippen LogP contribution in [-0.4, -0.2) is 39.0 Å². The molecule has 0 saturated carbocycles. The zero-order valence-corrected chi connectivity index (χ0v) is 14.8. The number of fused-ring (bicyclic) bond motifs is 1. The van der Waals surface area contributed by atoms with E-state index in [1.165, 1.54) is 17.5 Å². The molecule has 1 fully saturated rings. The summed E-state index contributed by atoms with van der Waals surface area (Å²) in [6, 6.07) is 10.8. The molecule has 2 aromatic heterocycles. The SMILES string of the molecule is O=C(CCn1nnc2ccccc2c1=O)Nc1ccc(N2CCCC2)nc1. The van der Waals surface area contributed by atoms with Gasteiger partial charge in [-0.3, -0.25) is 9.59 Å². The van der Waals surface area contributed by atoms with Crippen LogP contribution in [0, 0.1) is 0 Å². The van der Waals surface area contributed by atoms with Crippen molar-refractivity contribution in [3.63, 3.8) is 0 Å². The number of hydrogen-bond donors (Lipinski definition) is 1. The molecule has 4 rings (SSSR count). The van der Waals surface area contributed by atoms with Crippen LogP contribution >= 0.6 is 0 Å². The second kappa shape index (κ2) is 7.53. The number of nitrogens with zero attached hydrogens (tertiary/aromatic N) is 5. The minimum atomic E-state index is -0.245. The molecule has 0 atom stereocenters. The third kappa shape index (κ3) is 3.79. The lowest BCUT2D eigenvalue weighted by Gasteiger charge is -2.16. The average molecular weight is 364 g/mol. The average Bonchev–Trinajstić information content (AvgIpc) is 3.23. The van der Waals surface area contributed by atoms with Gasteiger partial charge in [0.1, 0.15) is 11.3 Å². The number of hydrogen-bond acceptors (Lipinski definition) is 6. The molecule has 8 heteroatoms. The Bertz CT molecular complexity index is 1010. The molecule has 0 radical (unpaired) electrons. The van der Waals surface area contributed by atoms with Crippen molar-refractivity contribution >= 4 is 28.3 Å².